The van der Waals surface area contributed by atoms with Crippen molar-refractivity contribution in [3.63, 3.8) is 0 Å². The number of halogens is 1. The van der Waals surface area contributed by atoms with Crippen LogP contribution in [0, 0.1) is 0 Å². The fraction of sp³-hybridized carbons (Fsp3) is 0.312. The molecule has 3 rings (SSSR count). The average molecular weight is 301 g/mol. The van der Waals surface area contributed by atoms with Crippen molar-refractivity contribution in [2.45, 2.75) is 19.3 Å². The van der Waals surface area contributed by atoms with Gasteiger partial charge in [-0.05, 0) is 43.5 Å². The van der Waals surface area contributed by atoms with Gasteiger partial charge in [-0.1, -0.05) is 11.6 Å². The number of fused-ring (bicyclic) bond motifs is 1. The van der Waals surface area contributed by atoms with Gasteiger partial charge < -0.3 is 4.90 Å². The van der Waals surface area contributed by atoms with Crippen molar-refractivity contribution in [3.8, 4) is 0 Å². The molecule has 0 bridgehead atoms. The van der Waals surface area contributed by atoms with Crippen LogP contribution in [-0.2, 0) is 12.8 Å². The normalized spacial score (nSPS) is 14.1. The quantitative estimate of drug-likeness (QED) is 0.631. The highest BCUT2D eigenvalue weighted by atomic mass is 35.5. The van der Waals surface area contributed by atoms with Crippen LogP contribution < -0.4 is 0 Å². The van der Waals surface area contributed by atoms with Crippen molar-refractivity contribution in [1.29, 1.82) is 0 Å². The molecule has 21 heavy (non-hydrogen) atoms. The zero-order valence-corrected chi connectivity index (χ0v) is 12.9. The number of aryl methyl sites for hydroxylation is 1. The maximum atomic E-state index is 5.96. The fourth-order valence-electron chi connectivity index (χ4n) is 2.56. The van der Waals surface area contributed by atoms with Gasteiger partial charge in [-0.2, -0.15) is 0 Å². The number of benzene rings is 1. The van der Waals surface area contributed by atoms with Crippen molar-refractivity contribution in [1.82, 2.24) is 14.9 Å². The Morgan fingerprint density at radius 3 is 2.62 bits per heavy atom. The minimum Gasteiger partial charge on any atom is -0.362 e. The summed E-state index contributed by atoms with van der Waals surface area (Å²) in [6.45, 7) is 0. The van der Waals surface area contributed by atoms with Gasteiger partial charge in [-0.3, -0.25) is 0 Å². The Bertz CT molecular complexity index is 677. The number of amidine groups is 1. The third kappa shape index (κ3) is 2.90. The Hall–Kier alpha value is -1.94. The number of hydrogen-bond donors (Lipinski definition) is 0. The molecule has 1 aromatic carbocycles. The Morgan fingerprint density at radius 1 is 1.14 bits per heavy atom. The van der Waals surface area contributed by atoms with Crippen LogP contribution in [0.1, 0.15) is 23.2 Å². The van der Waals surface area contributed by atoms with Gasteiger partial charge in [0.2, 0.25) is 0 Å². The molecule has 1 heterocycles. The summed E-state index contributed by atoms with van der Waals surface area (Å²) in [5, 5.41) is 0.722. The highest BCUT2D eigenvalue weighted by molar-refractivity contribution is 6.30. The Kier molecular flexibility index (Phi) is 3.88. The molecule has 0 unspecified atom stereocenters. The summed E-state index contributed by atoms with van der Waals surface area (Å²) in [4.78, 5) is 15.5. The topological polar surface area (TPSA) is 41.4 Å². The molecule has 0 aliphatic heterocycles. The summed E-state index contributed by atoms with van der Waals surface area (Å²) in [5.74, 6) is 1.66. The molecule has 2 aromatic rings. The second-order valence-electron chi connectivity index (χ2n) is 5.31. The Balaban J connectivity index is 2.06. The highest BCUT2D eigenvalue weighted by Crippen LogP contribution is 2.27. The van der Waals surface area contributed by atoms with Crippen LogP contribution in [0.25, 0.3) is 0 Å². The Morgan fingerprint density at radius 2 is 1.90 bits per heavy atom. The van der Waals surface area contributed by atoms with Crippen LogP contribution >= 0.6 is 11.6 Å². The summed E-state index contributed by atoms with van der Waals surface area (Å²) in [6.07, 6.45) is 4.78. The van der Waals surface area contributed by atoms with Gasteiger partial charge in [-0.15, -0.1) is 0 Å². The average Bonchev–Trinajstić information content (AvgIpc) is 2.95. The number of aromatic nitrogens is 2. The standard InChI is InChI=1S/C16H17ClN4/c1-21(2)16(11-6-8-12(17)9-7-11)20-15-13-4-3-5-14(13)18-10-19-15/h6-10H,3-5H2,1-2H3. The summed E-state index contributed by atoms with van der Waals surface area (Å²) < 4.78 is 0. The van der Waals surface area contributed by atoms with Gasteiger partial charge in [-0.25, -0.2) is 15.0 Å². The first-order chi connectivity index (χ1) is 10.1. The predicted molar refractivity (Wildman–Crippen MR) is 85.4 cm³/mol. The van der Waals surface area contributed by atoms with Crippen molar-refractivity contribution in [3.05, 3.63) is 52.4 Å². The minimum absolute atomic E-state index is 0.722. The van der Waals surface area contributed by atoms with Crippen LogP contribution in [0.4, 0.5) is 5.82 Å². The molecule has 0 atom stereocenters. The molecule has 0 N–H and O–H groups in total. The van der Waals surface area contributed by atoms with Gasteiger partial charge in [0.1, 0.15) is 12.2 Å². The lowest BCUT2D eigenvalue weighted by molar-refractivity contribution is 0.623. The summed E-state index contributed by atoms with van der Waals surface area (Å²) >= 11 is 5.96. The van der Waals surface area contributed by atoms with Gasteiger partial charge in [0.15, 0.2) is 5.82 Å². The van der Waals surface area contributed by atoms with E-state index in [-0.39, 0.29) is 0 Å². The first-order valence-electron chi connectivity index (χ1n) is 7.00. The molecule has 4 nitrogen and oxygen atoms in total. The van der Waals surface area contributed by atoms with E-state index in [0.717, 1.165) is 47.2 Å². The van der Waals surface area contributed by atoms with E-state index in [1.807, 2.05) is 43.3 Å². The van der Waals surface area contributed by atoms with E-state index in [4.69, 9.17) is 16.6 Å². The summed E-state index contributed by atoms with van der Waals surface area (Å²) in [5.41, 5.74) is 3.35. The number of nitrogens with zero attached hydrogens (tertiary/aromatic N) is 4. The number of aliphatic imine (C=N–C) groups is 1. The van der Waals surface area contributed by atoms with Crippen LogP contribution in [0.3, 0.4) is 0 Å². The second-order valence-corrected chi connectivity index (χ2v) is 5.75. The van der Waals surface area contributed by atoms with E-state index in [0.29, 0.717) is 0 Å². The minimum atomic E-state index is 0.722. The van der Waals surface area contributed by atoms with Gasteiger partial charge >= 0.3 is 0 Å². The second kappa shape index (κ2) is 5.82. The largest absolute Gasteiger partial charge is 0.362 e. The van der Waals surface area contributed by atoms with Crippen LogP contribution in [0.5, 0.6) is 0 Å². The van der Waals surface area contributed by atoms with Crippen LogP contribution in [0.2, 0.25) is 5.02 Å². The molecular weight excluding hydrogens is 284 g/mol. The molecule has 0 fully saturated rings. The molecule has 1 aliphatic carbocycles. The molecule has 108 valence electrons. The van der Waals surface area contributed by atoms with E-state index in [1.165, 1.54) is 5.56 Å². The maximum Gasteiger partial charge on any atom is 0.161 e. The molecule has 1 aromatic heterocycles. The van der Waals surface area contributed by atoms with E-state index < -0.39 is 0 Å². The molecular formula is C16H17ClN4. The fourth-order valence-corrected chi connectivity index (χ4v) is 2.69. The van der Waals surface area contributed by atoms with Gasteiger partial charge in [0, 0.05) is 35.9 Å². The maximum absolute atomic E-state index is 5.96. The van der Waals surface area contributed by atoms with E-state index in [2.05, 4.69) is 9.97 Å². The van der Waals surface area contributed by atoms with Crippen molar-refractivity contribution in [2.75, 3.05) is 14.1 Å². The lowest BCUT2D eigenvalue weighted by Gasteiger charge is -2.16. The Labute approximate surface area is 129 Å². The highest BCUT2D eigenvalue weighted by Gasteiger charge is 2.18. The molecule has 0 amide bonds. The zero-order valence-electron chi connectivity index (χ0n) is 12.2. The smallest absolute Gasteiger partial charge is 0.161 e. The summed E-state index contributed by atoms with van der Waals surface area (Å²) in [6, 6.07) is 7.70. The van der Waals surface area contributed by atoms with E-state index in [1.54, 1.807) is 6.33 Å². The lowest BCUT2D eigenvalue weighted by Crippen LogP contribution is -2.23. The van der Waals surface area contributed by atoms with Gasteiger partial charge in [0.05, 0.1) is 0 Å². The third-order valence-electron chi connectivity index (χ3n) is 3.59. The third-order valence-corrected chi connectivity index (χ3v) is 3.84. The van der Waals surface area contributed by atoms with Gasteiger partial charge in [0.25, 0.3) is 0 Å². The molecule has 0 radical (unpaired) electrons. The molecule has 5 heteroatoms. The van der Waals surface area contributed by atoms with E-state index in [9.17, 15) is 0 Å². The molecule has 0 saturated carbocycles. The number of rotatable bonds is 2. The van der Waals surface area contributed by atoms with Crippen molar-refractivity contribution in [2.24, 2.45) is 4.99 Å². The van der Waals surface area contributed by atoms with Crippen molar-refractivity contribution >= 4 is 23.3 Å². The first kappa shape index (κ1) is 14.0. The van der Waals surface area contributed by atoms with Crippen LogP contribution in [0.15, 0.2) is 35.6 Å². The summed E-state index contributed by atoms with van der Waals surface area (Å²) in [7, 11) is 3.96. The first-order valence-corrected chi connectivity index (χ1v) is 7.37. The van der Waals surface area contributed by atoms with Crippen LogP contribution in [-0.4, -0.2) is 34.8 Å². The monoisotopic (exact) mass is 300 g/mol. The lowest BCUT2D eigenvalue weighted by atomic mass is 10.2. The van der Waals surface area contributed by atoms with E-state index >= 15 is 0 Å². The predicted octanol–water partition coefficient (Wildman–Crippen LogP) is 3.26. The molecule has 1 aliphatic rings. The molecule has 0 spiro atoms. The number of hydrogen-bond acceptors (Lipinski definition) is 3. The molecule has 0 saturated heterocycles. The SMILES string of the molecule is CN(C)C(=Nc1ncnc2c1CCC2)c1ccc(Cl)cc1. The van der Waals surface area contributed by atoms with Crippen molar-refractivity contribution < 1.29 is 0 Å². The zero-order chi connectivity index (χ0) is 14.8.